The van der Waals surface area contributed by atoms with Crippen LogP contribution >= 0.6 is 24.8 Å². The quantitative estimate of drug-likeness (QED) is 0.123. The molecule has 0 saturated heterocycles. The van der Waals surface area contributed by atoms with Crippen LogP contribution in [0.15, 0.2) is 182 Å². The molecule has 3 heteroatoms. The van der Waals surface area contributed by atoms with E-state index in [9.17, 15) is 0 Å². The van der Waals surface area contributed by atoms with Crippen molar-refractivity contribution in [3.05, 3.63) is 199 Å². The summed E-state index contributed by atoms with van der Waals surface area (Å²) in [7, 11) is 0. The Balaban J connectivity index is 0.000000153. The van der Waals surface area contributed by atoms with Crippen LogP contribution in [0.25, 0.3) is 64.6 Å². The molecule has 0 bridgehead atoms. The topological polar surface area (TPSA) is 0 Å². The molecule has 1 aliphatic carbocycles. The van der Waals surface area contributed by atoms with Crippen LogP contribution in [0, 0.1) is 6.08 Å². The van der Waals surface area contributed by atoms with Gasteiger partial charge in [-0.25, -0.2) is 12.2 Å². The Morgan fingerprint density at radius 3 is 1.50 bits per heavy atom. The normalized spacial score (nSPS) is 11.6. The molecule has 10 rings (SSSR count). The molecular weight excluding hydrogens is 751 g/mol. The van der Waals surface area contributed by atoms with Gasteiger partial charge in [-0.3, -0.25) is 6.08 Å². The van der Waals surface area contributed by atoms with E-state index in [0.717, 1.165) is 19.3 Å². The zero-order valence-corrected chi connectivity index (χ0v) is 32.8. The number of rotatable bonds is 4. The van der Waals surface area contributed by atoms with Crippen molar-refractivity contribution in [2.45, 2.75) is 19.3 Å². The van der Waals surface area contributed by atoms with Crippen molar-refractivity contribution in [1.29, 1.82) is 0 Å². The van der Waals surface area contributed by atoms with Gasteiger partial charge >= 0.3 is 158 Å². The minimum Gasteiger partial charge on any atom is -0.126 e. The molecule has 252 valence electrons. The van der Waals surface area contributed by atoms with Crippen LogP contribution in [0.4, 0.5) is 0 Å². The first-order valence-electron chi connectivity index (χ1n) is 17.3. The number of hydrogen-bond donors (Lipinski definition) is 0. The van der Waals surface area contributed by atoms with Crippen LogP contribution in [-0.4, -0.2) is 3.21 Å². The summed E-state index contributed by atoms with van der Waals surface area (Å²) in [5.74, 6) is 0. The van der Waals surface area contributed by atoms with Crippen LogP contribution in [0.2, 0.25) is 0 Å². The Labute approximate surface area is 333 Å². The second kappa shape index (κ2) is 17.3. The second-order valence-corrected chi connectivity index (χ2v) is 14.6. The molecule has 0 radical (unpaired) electrons. The van der Waals surface area contributed by atoms with Crippen LogP contribution < -0.4 is 0 Å². The van der Waals surface area contributed by atoms with Crippen molar-refractivity contribution in [3.8, 4) is 0 Å². The number of fused-ring (bicyclic) bond motifs is 10. The summed E-state index contributed by atoms with van der Waals surface area (Å²) < 4.78 is 1.59. The molecule has 9 aromatic rings. The van der Waals surface area contributed by atoms with Crippen LogP contribution in [0.1, 0.15) is 17.5 Å². The number of benzene rings is 8. The van der Waals surface area contributed by atoms with Gasteiger partial charge in [0.05, 0.1) is 0 Å². The Bertz CT molecular complexity index is 2610. The summed E-state index contributed by atoms with van der Waals surface area (Å²) in [5.41, 5.74) is 2.89. The standard InChI is InChI=1S/C23H18.C21H13.C5H5.2ClH.Zr/c1-3-16-22-18(8-1)10-5-12-20(22)14-7-15-21-13-6-11-19-9-2-4-17-23(19)21;1-2-8-15-14(7-1)13-20-18-11-4-3-9-16(18)17-10-5-6-12-19(17)21(15)20;1-2-4-5-3-1;;;/h1-6,8-13,16-17H,14-15H2;1-13H;1-3H,4H2;2*1H;/q;2*-1;;;+2. The maximum atomic E-state index is 2.99. The van der Waals surface area contributed by atoms with E-state index >= 15 is 0 Å². The van der Waals surface area contributed by atoms with Crippen LogP contribution in [0.5, 0.6) is 0 Å². The molecule has 0 heterocycles. The van der Waals surface area contributed by atoms with Crippen molar-refractivity contribution in [2.24, 2.45) is 0 Å². The van der Waals surface area contributed by atoms with E-state index in [4.69, 9.17) is 0 Å². The van der Waals surface area contributed by atoms with Crippen molar-refractivity contribution in [2.75, 3.05) is 0 Å². The van der Waals surface area contributed by atoms with Gasteiger partial charge < -0.3 is 0 Å². The molecule has 0 nitrogen and oxygen atoms in total. The van der Waals surface area contributed by atoms with Crippen molar-refractivity contribution >= 4 is 92.7 Å². The maximum absolute atomic E-state index is 2.99. The van der Waals surface area contributed by atoms with Crippen molar-refractivity contribution < 1.29 is 24.2 Å². The van der Waals surface area contributed by atoms with Gasteiger partial charge in [0.2, 0.25) is 0 Å². The van der Waals surface area contributed by atoms with Gasteiger partial charge in [0.15, 0.2) is 0 Å². The Kier molecular flexibility index (Phi) is 12.4. The van der Waals surface area contributed by atoms with E-state index in [1.165, 1.54) is 100.0 Å². The molecule has 0 saturated carbocycles. The smallest absolute Gasteiger partial charge is 0.0255 e. The summed E-state index contributed by atoms with van der Waals surface area (Å²) >= 11 is 1.53. The molecule has 1 aliphatic rings. The summed E-state index contributed by atoms with van der Waals surface area (Å²) in [4.78, 5) is 0. The first-order valence-corrected chi connectivity index (χ1v) is 18.6. The summed E-state index contributed by atoms with van der Waals surface area (Å²) in [6.45, 7) is 0. The van der Waals surface area contributed by atoms with Crippen molar-refractivity contribution in [1.82, 2.24) is 0 Å². The van der Waals surface area contributed by atoms with E-state index in [1.54, 1.807) is 3.21 Å². The van der Waals surface area contributed by atoms with Crippen LogP contribution in [0.3, 0.4) is 0 Å². The van der Waals surface area contributed by atoms with Gasteiger partial charge in [-0.15, -0.1) is 64.9 Å². The molecular formula is C49H38Cl2Zr. The van der Waals surface area contributed by atoms with Crippen molar-refractivity contribution in [3.63, 3.8) is 0 Å². The summed E-state index contributed by atoms with van der Waals surface area (Å²) in [6.07, 6.45) is 12.1. The average Bonchev–Trinajstić information content (AvgIpc) is 3.89. The third-order valence-electron chi connectivity index (χ3n) is 9.66. The SMILES string of the molecule is Cl.Cl.[C-]1=CC=CC1.[Zr+2]=[C](Cc1cccc2ccccc12)Cc1cccc2ccccc12.c1ccc2c(c1)[cH-]c1c3ccccc3c3ccccc3c21. The van der Waals surface area contributed by atoms with E-state index in [2.05, 4.69) is 176 Å². The van der Waals surface area contributed by atoms with Gasteiger partial charge in [0, 0.05) is 0 Å². The number of halogens is 2. The Hall–Kier alpha value is -4.52. The molecule has 0 fully saturated rings. The third kappa shape index (κ3) is 7.79. The Morgan fingerprint density at radius 2 is 0.962 bits per heavy atom. The molecule has 0 N–H and O–H groups in total. The third-order valence-corrected chi connectivity index (χ3v) is 10.5. The first-order chi connectivity index (χ1) is 24.7. The molecule has 0 aliphatic heterocycles. The van der Waals surface area contributed by atoms with E-state index in [0.29, 0.717) is 0 Å². The molecule has 0 spiro atoms. The average molecular weight is 789 g/mol. The number of allylic oxidation sites excluding steroid dienone is 4. The van der Waals surface area contributed by atoms with E-state index in [-0.39, 0.29) is 24.8 Å². The minimum atomic E-state index is 0. The predicted molar refractivity (Wildman–Crippen MR) is 228 cm³/mol. The largest absolute Gasteiger partial charge is 0.126 e. The first kappa shape index (κ1) is 37.2. The summed E-state index contributed by atoms with van der Waals surface area (Å²) in [5, 5.41) is 16.3. The van der Waals surface area contributed by atoms with Gasteiger partial charge in [0.1, 0.15) is 0 Å². The molecule has 0 aromatic heterocycles. The molecule has 0 amide bonds. The van der Waals surface area contributed by atoms with Gasteiger partial charge in [0.25, 0.3) is 0 Å². The Morgan fingerprint density at radius 1 is 0.500 bits per heavy atom. The minimum absolute atomic E-state index is 0. The fraction of sp³-hybridized carbons (Fsp3) is 0.0612. The molecule has 0 unspecified atom stereocenters. The van der Waals surface area contributed by atoms with E-state index in [1.807, 2.05) is 12.2 Å². The van der Waals surface area contributed by atoms with E-state index < -0.39 is 0 Å². The molecule has 9 aromatic carbocycles. The van der Waals surface area contributed by atoms with Gasteiger partial charge in [-0.05, 0) is 10.8 Å². The maximum Gasteiger partial charge on any atom is -0.0255 e. The monoisotopic (exact) mass is 786 g/mol. The fourth-order valence-corrected chi connectivity index (χ4v) is 8.31. The number of hydrogen-bond acceptors (Lipinski definition) is 0. The fourth-order valence-electron chi connectivity index (χ4n) is 7.37. The molecule has 0 atom stereocenters. The van der Waals surface area contributed by atoms with Crippen LogP contribution in [-0.2, 0) is 37.1 Å². The molecule has 52 heavy (non-hydrogen) atoms. The second-order valence-electron chi connectivity index (χ2n) is 12.8. The zero-order chi connectivity index (χ0) is 33.7. The van der Waals surface area contributed by atoms with Gasteiger partial charge in [-0.2, -0.15) is 6.08 Å². The predicted octanol–water partition coefficient (Wildman–Crippen LogP) is 13.7. The summed E-state index contributed by atoms with van der Waals surface area (Å²) in [6, 6.07) is 59.2. The zero-order valence-electron chi connectivity index (χ0n) is 28.8. The van der Waals surface area contributed by atoms with Gasteiger partial charge in [-0.1, -0.05) is 77.5 Å².